The highest BCUT2D eigenvalue weighted by Gasteiger charge is 2.25. The number of hydrogen-bond donors (Lipinski definition) is 2. The predicted octanol–water partition coefficient (Wildman–Crippen LogP) is 2.65. The third-order valence-electron chi connectivity index (χ3n) is 3.76. The van der Waals surface area contributed by atoms with Gasteiger partial charge in [-0.1, -0.05) is 30.7 Å². The molecule has 0 radical (unpaired) electrons. The van der Waals surface area contributed by atoms with Crippen LogP contribution in [0.3, 0.4) is 0 Å². The van der Waals surface area contributed by atoms with Crippen LogP contribution in [0.5, 0.6) is 0 Å². The fraction of sp³-hybridized carbons (Fsp3) is 0.500. The number of halogens is 1. The number of hydrogen-bond acceptors (Lipinski definition) is 2. The molecule has 120 valence electrons. The number of carbonyl (C=O) groups excluding carboxylic acids is 2. The molecule has 1 aliphatic heterocycles. The minimum atomic E-state index is -0.127. The van der Waals surface area contributed by atoms with E-state index in [0.29, 0.717) is 30.2 Å². The Morgan fingerprint density at radius 2 is 1.95 bits per heavy atom. The van der Waals surface area contributed by atoms with Crippen LogP contribution in [0.25, 0.3) is 0 Å². The molecule has 1 heterocycles. The first kappa shape index (κ1) is 16.6. The number of nitrogens with one attached hydrogen (secondary N) is 2. The van der Waals surface area contributed by atoms with Gasteiger partial charge >= 0.3 is 6.03 Å². The van der Waals surface area contributed by atoms with E-state index in [-0.39, 0.29) is 18.0 Å². The third kappa shape index (κ3) is 4.37. The second kappa shape index (κ2) is 8.03. The van der Waals surface area contributed by atoms with Crippen LogP contribution in [0.4, 0.5) is 4.79 Å². The van der Waals surface area contributed by atoms with Gasteiger partial charge in [0.1, 0.15) is 0 Å². The molecule has 22 heavy (non-hydrogen) atoms. The zero-order valence-electron chi connectivity index (χ0n) is 12.8. The number of piperidine rings is 1. The van der Waals surface area contributed by atoms with Crippen molar-refractivity contribution in [3.63, 3.8) is 0 Å². The van der Waals surface area contributed by atoms with Crippen LogP contribution < -0.4 is 10.6 Å². The molecule has 5 nitrogen and oxygen atoms in total. The van der Waals surface area contributed by atoms with E-state index in [1.54, 1.807) is 17.0 Å². The van der Waals surface area contributed by atoms with Crippen LogP contribution in [-0.4, -0.2) is 42.5 Å². The Morgan fingerprint density at radius 1 is 1.27 bits per heavy atom. The van der Waals surface area contributed by atoms with Gasteiger partial charge in [0.05, 0.1) is 10.6 Å². The molecular weight excluding hydrogens is 302 g/mol. The summed E-state index contributed by atoms with van der Waals surface area (Å²) in [5.41, 5.74) is 0.538. The first-order valence-electron chi connectivity index (χ1n) is 7.70. The lowest BCUT2D eigenvalue weighted by Crippen LogP contribution is -2.49. The number of likely N-dealkylation sites (tertiary alicyclic amines) is 1. The van der Waals surface area contributed by atoms with E-state index in [1.165, 1.54) is 0 Å². The van der Waals surface area contributed by atoms with Crippen molar-refractivity contribution >= 4 is 23.5 Å². The zero-order valence-corrected chi connectivity index (χ0v) is 13.5. The maximum atomic E-state index is 12.4. The molecule has 2 N–H and O–H groups in total. The second-order valence-corrected chi connectivity index (χ2v) is 5.85. The number of amides is 3. The topological polar surface area (TPSA) is 61.4 Å². The predicted molar refractivity (Wildman–Crippen MR) is 87.2 cm³/mol. The van der Waals surface area contributed by atoms with Crippen LogP contribution >= 0.6 is 11.6 Å². The van der Waals surface area contributed by atoms with Gasteiger partial charge in [-0.3, -0.25) is 4.79 Å². The molecule has 1 aromatic rings. The fourth-order valence-corrected chi connectivity index (χ4v) is 2.72. The molecule has 3 amide bonds. The number of carbonyl (C=O) groups is 2. The molecular formula is C16H22ClN3O2. The minimum absolute atomic E-state index is 0.0421. The van der Waals surface area contributed by atoms with Crippen LogP contribution in [0, 0.1) is 0 Å². The maximum Gasteiger partial charge on any atom is 0.315 e. The molecule has 1 aliphatic rings. The highest BCUT2D eigenvalue weighted by atomic mass is 35.5. The molecule has 1 saturated heterocycles. The van der Waals surface area contributed by atoms with Crippen LogP contribution in [0.15, 0.2) is 24.3 Å². The Hall–Kier alpha value is -1.75. The van der Waals surface area contributed by atoms with Gasteiger partial charge in [0.25, 0.3) is 5.91 Å². The summed E-state index contributed by atoms with van der Waals surface area (Å²) in [5, 5.41) is 6.23. The minimum Gasteiger partial charge on any atom is -0.338 e. The molecule has 0 saturated carbocycles. The molecule has 0 atom stereocenters. The SMILES string of the molecule is CCCNC(=O)NC1CCN(C(=O)c2ccccc2Cl)CC1. The Bertz CT molecular complexity index is 528. The van der Waals surface area contributed by atoms with E-state index >= 15 is 0 Å². The van der Waals surface area contributed by atoms with Crippen molar-refractivity contribution in [2.45, 2.75) is 32.2 Å². The average Bonchev–Trinajstić information content (AvgIpc) is 2.53. The number of rotatable bonds is 4. The van der Waals surface area contributed by atoms with Crippen molar-refractivity contribution in [3.8, 4) is 0 Å². The highest BCUT2D eigenvalue weighted by molar-refractivity contribution is 6.33. The van der Waals surface area contributed by atoms with Gasteiger partial charge < -0.3 is 15.5 Å². The molecule has 6 heteroatoms. The quantitative estimate of drug-likeness (QED) is 0.895. The Morgan fingerprint density at radius 3 is 2.59 bits per heavy atom. The second-order valence-electron chi connectivity index (χ2n) is 5.45. The summed E-state index contributed by atoms with van der Waals surface area (Å²) >= 11 is 6.07. The smallest absolute Gasteiger partial charge is 0.315 e. The lowest BCUT2D eigenvalue weighted by atomic mass is 10.0. The summed E-state index contributed by atoms with van der Waals surface area (Å²) in [5.74, 6) is -0.0421. The summed E-state index contributed by atoms with van der Waals surface area (Å²) in [7, 11) is 0. The van der Waals surface area contributed by atoms with E-state index in [9.17, 15) is 9.59 Å². The first-order valence-corrected chi connectivity index (χ1v) is 8.07. The van der Waals surface area contributed by atoms with Gasteiger partial charge in [0.2, 0.25) is 0 Å². The van der Waals surface area contributed by atoms with Gasteiger partial charge in [0.15, 0.2) is 0 Å². The van der Waals surface area contributed by atoms with E-state index in [2.05, 4.69) is 10.6 Å². The molecule has 1 fully saturated rings. The molecule has 2 rings (SSSR count). The monoisotopic (exact) mass is 323 g/mol. The van der Waals surface area contributed by atoms with E-state index in [1.807, 2.05) is 19.1 Å². The zero-order chi connectivity index (χ0) is 15.9. The molecule has 0 spiro atoms. The van der Waals surface area contributed by atoms with Gasteiger partial charge in [-0.2, -0.15) is 0 Å². The standard InChI is InChI=1S/C16H22ClN3O2/c1-2-9-18-16(22)19-12-7-10-20(11-8-12)15(21)13-5-3-4-6-14(13)17/h3-6,12H,2,7-11H2,1H3,(H2,18,19,22). The summed E-state index contributed by atoms with van der Waals surface area (Å²) in [6.45, 7) is 3.94. The van der Waals surface area contributed by atoms with E-state index < -0.39 is 0 Å². The average molecular weight is 324 g/mol. The lowest BCUT2D eigenvalue weighted by molar-refractivity contribution is 0.0708. The largest absolute Gasteiger partial charge is 0.338 e. The number of nitrogens with zero attached hydrogens (tertiary/aromatic N) is 1. The summed E-state index contributed by atoms with van der Waals surface area (Å²) in [6.07, 6.45) is 2.43. The van der Waals surface area contributed by atoms with Gasteiger partial charge in [-0.15, -0.1) is 0 Å². The van der Waals surface area contributed by atoms with Crippen molar-refractivity contribution in [3.05, 3.63) is 34.9 Å². The van der Waals surface area contributed by atoms with Gasteiger partial charge in [0, 0.05) is 25.7 Å². The Balaban J connectivity index is 1.83. The van der Waals surface area contributed by atoms with E-state index in [4.69, 9.17) is 11.6 Å². The lowest BCUT2D eigenvalue weighted by Gasteiger charge is -2.32. The molecule has 0 unspecified atom stereocenters. The van der Waals surface area contributed by atoms with Crippen LogP contribution in [0.1, 0.15) is 36.5 Å². The van der Waals surface area contributed by atoms with Crippen molar-refractivity contribution in [1.82, 2.24) is 15.5 Å². The Labute approximate surface area is 136 Å². The normalized spacial score (nSPS) is 15.5. The van der Waals surface area contributed by atoms with Crippen LogP contribution in [-0.2, 0) is 0 Å². The number of benzene rings is 1. The van der Waals surface area contributed by atoms with Crippen molar-refractivity contribution in [1.29, 1.82) is 0 Å². The van der Waals surface area contributed by atoms with Crippen molar-refractivity contribution in [2.75, 3.05) is 19.6 Å². The molecule has 0 bridgehead atoms. The maximum absolute atomic E-state index is 12.4. The Kier molecular flexibility index (Phi) is 6.07. The summed E-state index contributed by atoms with van der Waals surface area (Å²) in [6, 6.07) is 7.08. The molecule has 0 aromatic heterocycles. The van der Waals surface area contributed by atoms with Crippen molar-refractivity contribution < 1.29 is 9.59 Å². The van der Waals surface area contributed by atoms with E-state index in [0.717, 1.165) is 19.3 Å². The van der Waals surface area contributed by atoms with Crippen LogP contribution in [0.2, 0.25) is 5.02 Å². The fourth-order valence-electron chi connectivity index (χ4n) is 2.51. The van der Waals surface area contributed by atoms with Gasteiger partial charge in [-0.05, 0) is 31.4 Å². The summed E-state index contributed by atoms with van der Waals surface area (Å²) in [4.78, 5) is 25.9. The van der Waals surface area contributed by atoms with Gasteiger partial charge in [-0.25, -0.2) is 4.79 Å². The molecule has 1 aromatic carbocycles. The third-order valence-corrected chi connectivity index (χ3v) is 4.09. The first-order chi connectivity index (χ1) is 10.6. The van der Waals surface area contributed by atoms with Crippen molar-refractivity contribution in [2.24, 2.45) is 0 Å². The summed E-state index contributed by atoms with van der Waals surface area (Å²) < 4.78 is 0. The molecule has 0 aliphatic carbocycles. The highest BCUT2D eigenvalue weighted by Crippen LogP contribution is 2.19. The number of urea groups is 1.